The van der Waals surface area contributed by atoms with Crippen LogP contribution in [-0.4, -0.2) is 29.1 Å². The van der Waals surface area contributed by atoms with Crippen LogP contribution in [0, 0.1) is 5.82 Å². The molecule has 6 heteroatoms. The van der Waals surface area contributed by atoms with Crippen molar-refractivity contribution in [3.05, 3.63) is 24.0 Å². The topological polar surface area (TPSA) is 58.6 Å². The molecular weight excluding hydrogens is 223 g/mol. The first kappa shape index (κ1) is 12.1. The van der Waals surface area contributed by atoms with Crippen LogP contribution in [0.2, 0.25) is 0 Å². The lowest BCUT2D eigenvalue weighted by Crippen LogP contribution is -2.06. The minimum Gasteiger partial charge on any atom is -0.768 e. The standard InChI is InChI=1S/C9H11FO4S/c1-13-4-5-14-8-3-2-7(10)6-9(8)15(11)12/h2-3,6H,4-5H2,1H3,(H,11,12)/p-1. The minimum atomic E-state index is -2.51. The third-order valence-electron chi connectivity index (χ3n) is 1.63. The van der Waals surface area contributed by atoms with Gasteiger partial charge in [-0.05, 0) is 29.3 Å². The highest BCUT2D eigenvalue weighted by Crippen LogP contribution is 2.22. The number of methoxy groups -OCH3 is 1. The number of benzene rings is 1. The third kappa shape index (κ3) is 3.58. The minimum absolute atomic E-state index is 0.127. The first-order valence-electron chi connectivity index (χ1n) is 4.15. The summed E-state index contributed by atoms with van der Waals surface area (Å²) in [6.07, 6.45) is 0. The molecule has 0 radical (unpaired) electrons. The van der Waals surface area contributed by atoms with E-state index in [4.69, 9.17) is 9.47 Å². The largest absolute Gasteiger partial charge is 0.768 e. The summed E-state index contributed by atoms with van der Waals surface area (Å²) in [6.45, 7) is 0.550. The average molecular weight is 233 g/mol. The highest BCUT2D eigenvalue weighted by molar-refractivity contribution is 7.79. The van der Waals surface area contributed by atoms with E-state index in [2.05, 4.69) is 0 Å². The van der Waals surface area contributed by atoms with E-state index in [-0.39, 0.29) is 17.3 Å². The van der Waals surface area contributed by atoms with Gasteiger partial charge in [0.2, 0.25) is 0 Å². The van der Waals surface area contributed by atoms with Crippen LogP contribution in [-0.2, 0) is 15.8 Å². The molecule has 1 aromatic carbocycles. The lowest BCUT2D eigenvalue weighted by molar-refractivity contribution is 0.144. The van der Waals surface area contributed by atoms with Crippen LogP contribution in [0.3, 0.4) is 0 Å². The van der Waals surface area contributed by atoms with Gasteiger partial charge in [-0.3, -0.25) is 4.21 Å². The van der Waals surface area contributed by atoms with Gasteiger partial charge in [0.15, 0.2) is 0 Å². The summed E-state index contributed by atoms with van der Waals surface area (Å²) >= 11 is -2.51. The number of hydrogen-bond acceptors (Lipinski definition) is 4. The molecule has 4 nitrogen and oxygen atoms in total. The molecule has 0 fully saturated rings. The van der Waals surface area contributed by atoms with Crippen LogP contribution in [0.25, 0.3) is 0 Å². The normalized spacial score (nSPS) is 12.5. The molecule has 0 saturated heterocycles. The first-order chi connectivity index (χ1) is 7.15. The van der Waals surface area contributed by atoms with Gasteiger partial charge in [-0.2, -0.15) is 0 Å². The Morgan fingerprint density at radius 3 is 2.80 bits per heavy atom. The zero-order valence-corrected chi connectivity index (χ0v) is 8.88. The van der Waals surface area contributed by atoms with Crippen molar-refractivity contribution < 1.29 is 22.6 Å². The Bertz CT molecular complexity index is 356. The molecular formula is C9H10FO4S-. The lowest BCUT2D eigenvalue weighted by Gasteiger charge is -2.12. The monoisotopic (exact) mass is 233 g/mol. The van der Waals surface area contributed by atoms with E-state index in [1.54, 1.807) is 0 Å². The zero-order valence-electron chi connectivity index (χ0n) is 8.07. The number of ether oxygens (including phenoxy) is 2. The summed E-state index contributed by atoms with van der Waals surface area (Å²) in [7, 11) is 1.50. The molecule has 0 spiro atoms. The summed E-state index contributed by atoms with van der Waals surface area (Å²) < 4.78 is 44.0. The van der Waals surface area contributed by atoms with Gasteiger partial charge >= 0.3 is 0 Å². The van der Waals surface area contributed by atoms with E-state index >= 15 is 0 Å². The maximum absolute atomic E-state index is 12.7. The van der Waals surface area contributed by atoms with E-state index in [1.807, 2.05) is 0 Å². The fourth-order valence-electron chi connectivity index (χ4n) is 0.966. The Hall–Kier alpha value is -0.980. The van der Waals surface area contributed by atoms with E-state index in [1.165, 1.54) is 13.2 Å². The molecule has 0 heterocycles. The summed E-state index contributed by atoms with van der Waals surface area (Å²) in [4.78, 5) is -0.189. The van der Waals surface area contributed by atoms with Gasteiger partial charge in [-0.25, -0.2) is 4.39 Å². The molecule has 1 unspecified atom stereocenters. The second kappa shape index (κ2) is 5.79. The van der Waals surface area contributed by atoms with Crippen LogP contribution < -0.4 is 4.74 Å². The van der Waals surface area contributed by atoms with Gasteiger partial charge in [0.05, 0.1) is 11.5 Å². The Morgan fingerprint density at radius 1 is 1.47 bits per heavy atom. The molecule has 1 rings (SSSR count). The van der Waals surface area contributed by atoms with Crippen molar-refractivity contribution in [2.75, 3.05) is 20.3 Å². The molecule has 1 aromatic rings. The van der Waals surface area contributed by atoms with Crippen molar-refractivity contribution >= 4 is 11.1 Å². The summed E-state index contributed by atoms with van der Waals surface area (Å²) in [5.74, 6) is -0.491. The van der Waals surface area contributed by atoms with Crippen molar-refractivity contribution in [2.45, 2.75) is 4.90 Å². The smallest absolute Gasteiger partial charge is 0.134 e. The fraction of sp³-hybridized carbons (Fsp3) is 0.333. The highest BCUT2D eigenvalue weighted by atomic mass is 32.2. The van der Waals surface area contributed by atoms with Crippen molar-refractivity contribution in [3.8, 4) is 5.75 Å². The van der Waals surface area contributed by atoms with E-state index in [0.29, 0.717) is 6.61 Å². The molecule has 15 heavy (non-hydrogen) atoms. The number of rotatable bonds is 5. The Balaban J connectivity index is 2.81. The number of halogens is 1. The summed E-state index contributed by atoms with van der Waals surface area (Å²) in [5.41, 5.74) is 0. The van der Waals surface area contributed by atoms with Gasteiger partial charge in [0.1, 0.15) is 18.2 Å². The molecule has 84 valence electrons. The van der Waals surface area contributed by atoms with Gasteiger partial charge in [-0.1, -0.05) is 0 Å². The SMILES string of the molecule is COCCOc1ccc(F)cc1S(=O)[O-]. The quantitative estimate of drug-likeness (QED) is 0.564. The second-order valence-corrected chi connectivity index (χ2v) is 3.58. The van der Waals surface area contributed by atoms with Crippen molar-refractivity contribution in [3.63, 3.8) is 0 Å². The maximum atomic E-state index is 12.7. The van der Waals surface area contributed by atoms with Crippen LogP contribution in [0.1, 0.15) is 0 Å². The Kier molecular flexibility index (Phi) is 4.67. The third-order valence-corrected chi connectivity index (χ3v) is 2.31. The second-order valence-electron chi connectivity index (χ2n) is 2.67. The molecule has 0 aliphatic carbocycles. The summed E-state index contributed by atoms with van der Waals surface area (Å²) in [5, 5.41) is 0. The first-order valence-corrected chi connectivity index (χ1v) is 5.23. The molecule has 0 bridgehead atoms. The van der Waals surface area contributed by atoms with Crippen LogP contribution in [0.15, 0.2) is 23.1 Å². The van der Waals surface area contributed by atoms with E-state index < -0.39 is 16.9 Å². The molecule has 1 atom stereocenters. The molecule has 0 aliphatic heterocycles. The zero-order chi connectivity index (χ0) is 11.3. The van der Waals surface area contributed by atoms with Crippen molar-refractivity contribution in [1.29, 1.82) is 0 Å². The van der Waals surface area contributed by atoms with Crippen molar-refractivity contribution in [2.24, 2.45) is 0 Å². The summed E-state index contributed by atoms with van der Waals surface area (Å²) in [6, 6.07) is 3.32. The van der Waals surface area contributed by atoms with Crippen LogP contribution >= 0.6 is 0 Å². The maximum Gasteiger partial charge on any atom is 0.134 e. The molecule has 0 aromatic heterocycles. The van der Waals surface area contributed by atoms with Gasteiger partial charge in [-0.15, -0.1) is 0 Å². The average Bonchev–Trinajstić information content (AvgIpc) is 2.20. The van der Waals surface area contributed by atoms with Crippen LogP contribution in [0.4, 0.5) is 4.39 Å². The van der Waals surface area contributed by atoms with Gasteiger partial charge in [0, 0.05) is 7.11 Å². The van der Waals surface area contributed by atoms with E-state index in [0.717, 1.165) is 12.1 Å². The molecule has 0 saturated carbocycles. The lowest BCUT2D eigenvalue weighted by atomic mass is 10.3. The highest BCUT2D eigenvalue weighted by Gasteiger charge is 2.05. The molecule has 0 N–H and O–H groups in total. The van der Waals surface area contributed by atoms with Crippen molar-refractivity contribution in [1.82, 2.24) is 0 Å². The predicted molar refractivity (Wildman–Crippen MR) is 51.0 cm³/mol. The predicted octanol–water partition coefficient (Wildman–Crippen LogP) is 1.09. The Morgan fingerprint density at radius 2 is 2.20 bits per heavy atom. The van der Waals surface area contributed by atoms with Gasteiger partial charge < -0.3 is 14.0 Å². The van der Waals surface area contributed by atoms with Gasteiger partial charge in [0.25, 0.3) is 0 Å². The Labute approximate surface area is 89.3 Å². The molecule has 0 amide bonds. The fourth-order valence-corrected chi connectivity index (χ4v) is 1.47. The molecule has 0 aliphatic rings. The number of hydrogen-bond donors (Lipinski definition) is 0. The van der Waals surface area contributed by atoms with Crippen LogP contribution in [0.5, 0.6) is 5.75 Å². The van der Waals surface area contributed by atoms with E-state index in [9.17, 15) is 13.2 Å².